The zero-order chi connectivity index (χ0) is 25.9. The summed E-state index contributed by atoms with van der Waals surface area (Å²) in [6.07, 6.45) is 6.12. The van der Waals surface area contributed by atoms with Crippen LogP contribution >= 0.6 is 27.3 Å². The normalized spacial score (nSPS) is 19.7. The van der Waals surface area contributed by atoms with Gasteiger partial charge in [-0.1, -0.05) is 0 Å². The van der Waals surface area contributed by atoms with E-state index >= 15 is 0 Å². The number of nitrogens with zero attached hydrogens (tertiary/aromatic N) is 4. The number of nitrogens with one attached hydrogen (secondary N) is 2. The highest BCUT2D eigenvalue weighted by molar-refractivity contribution is 9.10. The third-order valence-electron chi connectivity index (χ3n) is 6.61. The van der Waals surface area contributed by atoms with Crippen LogP contribution in [0.5, 0.6) is 5.88 Å². The first kappa shape index (κ1) is 25.7. The van der Waals surface area contributed by atoms with Gasteiger partial charge in [0.05, 0.1) is 29.9 Å². The lowest BCUT2D eigenvalue weighted by Crippen LogP contribution is -2.44. The van der Waals surface area contributed by atoms with Crippen molar-refractivity contribution < 1.29 is 18.7 Å². The van der Waals surface area contributed by atoms with Crippen molar-refractivity contribution >= 4 is 50.5 Å². The molecule has 2 amide bonds. The summed E-state index contributed by atoms with van der Waals surface area (Å²) >= 11 is 4.85. The molecule has 1 aliphatic heterocycles. The van der Waals surface area contributed by atoms with Crippen LogP contribution in [0.4, 0.5) is 15.8 Å². The van der Waals surface area contributed by atoms with Gasteiger partial charge in [0, 0.05) is 28.8 Å². The van der Waals surface area contributed by atoms with E-state index in [-0.39, 0.29) is 17.7 Å². The fourth-order valence-electron chi connectivity index (χ4n) is 4.80. The number of pyridine rings is 1. The number of hydrogen-bond acceptors (Lipinski definition) is 7. The van der Waals surface area contributed by atoms with E-state index in [9.17, 15) is 14.0 Å². The minimum Gasteiger partial charge on any atom is -0.474 e. The number of alkyl halides is 1. The van der Waals surface area contributed by atoms with Crippen LogP contribution < -0.4 is 20.3 Å². The highest BCUT2D eigenvalue weighted by Crippen LogP contribution is 2.34. The van der Waals surface area contributed by atoms with E-state index < -0.39 is 12.2 Å². The van der Waals surface area contributed by atoms with Gasteiger partial charge >= 0.3 is 0 Å². The molecule has 12 heteroatoms. The maximum atomic E-state index is 13.8. The number of anilines is 2. The second-order valence-electron chi connectivity index (χ2n) is 9.44. The average molecular weight is 592 g/mol. The average Bonchev–Trinajstić information content (AvgIpc) is 3.61. The minimum absolute atomic E-state index is 0.0492. The van der Waals surface area contributed by atoms with Crippen LogP contribution in [0.25, 0.3) is 0 Å². The molecule has 0 unspecified atom stereocenters. The third-order valence-corrected chi connectivity index (χ3v) is 8.11. The Morgan fingerprint density at radius 2 is 2.19 bits per heavy atom. The number of aryl methyl sites for hydroxylation is 1. The number of ether oxygens (including phenoxy) is 1. The van der Waals surface area contributed by atoms with Crippen molar-refractivity contribution in [2.24, 2.45) is 13.0 Å². The topological polar surface area (TPSA) is 101 Å². The molecule has 0 aromatic carbocycles. The number of carbonyl (C=O) groups is 2. The summed E-state index contributed by atoms with van der Waals surface area (Å²) in [6, 6.07) is 4.90. The molecule has 0 radical (unpaired) electrons. The summed E-state index contributed by atoms with van der Waals surface area (Å²) in [7, 11) is 1.76. The lowest BCUT2D eigenvalue weighted by molar-refractivity contribution is -0.118. The predicted octanol–water partition coefficient (Wildman–Crippen LogP) is 4.30. The number of fused-ring (bicyclic) bond motifs is 1. The molecule has 2 N–H and O–H groups in total. The summed E-state index contributed by atoms with van der Waals surface area (Å²) in [6.45, 7) is 1.85. The van der Waals surface area contributed by atoms with E-state index in [4.69, 9.17) is 4.74 Å². The molecule has 1 saturated carbocycles. The van der Waals surface area contributed by atoms with E-state index in [2.05, 4.69) is 41.5 Å². The molecular formula is C25H28BrFN6O3S. The predicted molar refractivity (Wildman–Crippen MR) is 143 cm³/mol. The van der Waals surface area contributed by atoms with E-state index in [0.29, 0.717) is 61.8 Å². The van der Waals surface area contributed by atoms with Crippen LogP contribution in [0.2, 0.25) is 0 Å². The SMILES string of the molecule is Cn1cc(NC(=O)[C@H](C[C@@H]2CC[C@@H](F)C2)NC(=O)c2ccc(CN3CCOc4ncc(Br)cc43)s2)cn1. The van der Waals surface area contributed by atoms with Crippen molar-refractivity contribution in [2.45, 2.75) is 44.4 Å². The highest BCUT2D eigenvalue weighted by atomic mass is 79.9. The van der Waals surface area contributed by atoms with E-state index in [1.807, 2.05) is 12.1 Å². The molecule has 3 atom stereocenters. The number of hydrogen-bond donors (Lipinski definition) is 2. The summed E-state index contributed by atoms with van der Waals surface area (Å²) in [4.78, 5) is 34.3. The van der Waals surface area contributed by atoms with Crippen molar-refractivity contribution in [1.82, 2.24) is 20.1 Å². The van der Waals surface area contributed by atoms with Gasteiger partial charge in [-0.3, -0.25) is 14.3 Å². The van der Waals surface area contributed by atoms with Crippen LogP contribution in [0.15, 0.2) is 41.3 Å². The Kier molecular flexibility index (Phi) is 7.75. The number of rotatable bonds is 8. The quantitative estimate of drug-likeness (QED) is 0.405. The van der Waals surface area contributed by atoms with Gasteiger partial charge in [-0.15, -0.1) is 11.3 Å². The van der Waals surface area contributed by atoms with Crippen molar-refractivity contribution in [3.63, 3.8) is 0 Å². The molecule has 2 aliphatic rings. The zero-order valence-corrected chi connectivity index (χ0v) is 22.7. The van der Waals surface area contributed by atoms with Crippen molar-refractivity contribution in [3.8, 4) is 5.88 Å². The Balaban J connectivity index is 1.26. The van der Waals surface area contributed by atoms with Gasteiger partial charge in [-0.2, -0.15) is 5.10 Å². The Labute approximate surface area is 226 Å². The van der Waals surface area contributed by atoms with Crippen molar-refractivity contribution in [3.05, 3.63) is 51.0 Å². The molecule has 5 rings (SSSR count). The highest BCUT2D eigenvalue weighted by Gasteiger charge is 2.31. The number of amides is 2. The third kappa shape index (κ3) is 6.30. The maximum Gasteiger partial charge on any atom is 0.262 e. The molecule has 3 aromatic rings. The number of carbonyl (C=O) groups excluding carboxylic acids is 2. The molecule has 0 saturated heterocycles. The van der Waals surface area contributed by atoms with Gasteiger partial charge in [0.25, 0.3) is 5.91 Å². The molecule has 3 aromatic heterocycles. The smallest absolute Gasteiger partial charge is 0.262 e. The van der Waals surface area contributed by atoms with Gasteiger partial charge in [0.2, 0.25) is 11.8 Å². The van der Waals surface area contributed by atoms with Crippen LogP contribution in [0.1, 0.15) is 40.2 Å². The number of thiophene rings is 1. The fraction of sp³-hybridized carbons (Fsp3) is 0.440. The lowest BCUT2D eigenvalue weighted by Gasteiger charge is -2.30. The molecule has 1 aliphatic carbocycles. The molecule has 0 bridgehead atoms. The first-order valence-electron chi connectivity index (χ1n) is 12.2. The minimum atomic E-state index is -0.844. The van der Waals surface area contributed by atoms with Crippen LogP contribution in [0, 0.1) is 5.92 Å². The van der Waals surface area contributed by atoms with Gasteiger partial charge in [0.15, 0.2) is 0 Å². The molecule has 37 heavy (non-hydrogen) atoms. The summed E-state index contributed by atoms with van der Waals surface area (Å²) in [5, 5.41) is 9.79. The zero-order valence-electron chi connectivity index (χ0n) is 20.3. The first-order valence-corrected chi connectivity index (χ1v) is 13.8. The molecule has 9 nitrogen and oxygen atoms in total. The summed E-state index contributed by atoms with van der Waals surface area (Å²) in [5.74, 6) is -0.00495. The van der Waals surface area contributed by atoms with Gasteiger partial charge in [-0.05, 0) is 65.7 Å². The maximum absolute atomic E-state index is 13.8. The number of halogens is 2. The first-order chi connectivity index (χ1) is 17.8. The Bertz CT molecular complexity index is 1280. The van der Waals surface area contributed by atoms with Crippen LogP contribution in [-0.4, -0.2) is 51.9 Å². The monoisotopic (exact) mass is 590 g/mol. The van der Waals surface area contributed by atoms with Gasteiger partial charge in [-0.25, -0.2) is 9.37 Å². The van der Waals surface area contributed by atoms with E-state index in [0.717, 1.165) is 15.0 Å². The molecule has 0 spiro atoms. The Morgan fingerprint density at radius 1 is 1.32 bits per heavy atom. The lowest BCUT2D eigenvalue weighted by atomic mass is 9.97. The van der Waals surface area contributed by atoms with Crippen LogP contribution in [-0.2, 0) is 18.4 Å². The van der Waals surface area contributed by atoms with Crippen molar-refractivity contribution in [2.75, 3.05) is 23.4 Å². The summed E-state index contributed by atoms with van der Waals surface area (Å²) < 4.78 is 21.9. The molecule has 196 valence electrons. The number of aromatic nitrogens is 3. The van der Waals surface area contributed by atoms with Crippen molar-refractivity contribution in [1.29, 1.82) is 0 Å². The Morgan fingerprint density at radius 3 is 2.95 bits per heavy atom. The standard InChI is InChI=1S/C25H28BrFN6O3S/c1-32-13-18(12-29-32)30-23(34)20(9-15-2-3-17(27)8-15)31-24(35)22-5-4-19(37-22)14-33-6-7-36-25-21(33)10-16(26)11-28-25/h4-5,10-13,15,17,20H,2-3,6-9,14H2,1H3,(H,30,34)(H,31,35)/t15-,17-,20+/m1/s1. The molecular weight excluding hydrogens is 563 g/mol. The second kappa shape index (κ2) is 11.2. The fourth-order valence-corrected chi connectivity index (χ4v) is 6.05. The van der Waals surface area contributed by atoms with Gasteiger partial charge in [0.1, 0.15) is 24.5 Å². The largest absolute Gasteiger partial charge is 0.474 e. The van der Waals surface area contributed by atoms with Gasteiger partial charge < -0.3 is 20.3 Å². The van der Waals surface area contributed by atoms with E-state index in [1.165, 1.54) is 11.3 Å². The van der Waals surface area contributed by atoms with Crippen LogP contribution in [0.3, 0.4) is 0 Å². The Hall–Kier alpha value is -2.99. The molecule has 1 fully saturated rings. The molecule has 4 heterocycles. The summed E-state index contributed by atoms with van der Waals surface area (Å²) in [5.41, 5.74) is 1.45. The van der Waals surface area contributed by atoms with E-state index in [1.54, 1.807) is 36.4 Å². The second-order valence-corrected chi connectivity index (χ2v) is 11.5.